The zero-order valence-corrected chi connectivity index (χ0v) is 11.7. The fourth-order valence-electron chi connectivity index (χ4n) is 1.10. The van der Waals surface area contributed by atoms with E-state index in [1.165, 1.54) is 6.92 Å². The molecule has 0 amide bonds. The minimum Gasteiger partial charge on any atom is -0.743 e. The third-order valence-electron chi connectivity index (χ3n) is 2.63. The first-order valence-corrected chi connectivity index (χ1v) is 7.15. The molecule has 0 heterocycles. The van der Waals surface area contributed by atoms with Gasteiger partial charge in [0.2, 0.25) is 0 Å². The Labute approximate surface area is 114 Å². The van der Waals surface area contributed by atoms with E-state index in [2.05, 4.69) is 4.74 Å². The molecule has 0 aliphatic heterocycles. The molecule has 0 radical (unpaired) electrons. The highest BCUT2D eigenvalue weighted by molar-refractivity contribution is 7.86. The number of hydrogen-bond acceptors (Lipinski definition) is 5. The van der Waals surface area contributed by atoms with Crippen molar-refractivity contribution in [3.63, 3.8) is 0 Å². The minimum absolute atomic E-state index is 0.459. The maximum atomic E-state index is 13.0. The first-order chi connectivity index (χ1) is 8.87. The van der Waals surface area contributed by atoms with Gasteiger partial charge in [-0.15, -0.1) is 0 Å². The molecule has 0 saturated heterocycles. The molecule has 0 aromatic rings. The van der Waals surface area contributed by atoms with Crippen molar-refractivity contribution in [2.75, 3.05) is 6.61 Å². The van der Waals surface area contributed by atoms with Gasteiger partial charge >= 0.3 is 17.1 Å². The van der Waals surface area contributed by atoms with E-state index < -0.39 is 52.6 Å². The average molecular weight is 323 g/mol. The number of alkyl halides is 4. The lowest BCUT2D eigenvalue weighted by Gasteiger charge is -2.28. The number of hydrogen-bond donors (Lipinski definition) is 0. The average Bonchev–Trinajstić information content (AvgIpc) is 2.31. The summed E-state index contributed by atoms with van der Waals surface area (Å²) in [7, 11) is -6.47. The Morgan fingerprint density at radius 1 is 1.30 bits per heavy atom. The number of esters is 1. The molecule has 20 heavy (non-hydrogen) atoms. The van der Waals surface area contributed by atoms with Crippen LogP contribution in [0.1, 0.15) is 33.1 Å². The molecule has 0 aromatic heterocycles. The molecule has 0 rings (SSSR count). The van der Waals surface area contributed by atoms with Crippen molar-refractivity contribution in [2.24, 2.45) is 5.92 Å². The fourth-order valence-corrected chi connectivity index (χ4v) is 1.57. The third-order valence-corrected chi connectivity index (χ3v) is 3.56. The van der Waals surface area contributed by atoms with Crippen LogP contribution in [0.5, 0.6) is 0 Å². The van der Waals surface area contributed by atoms with Gasteiger partial charge in [0.25, 0.3) is 0 Å². The molecule has 0 N–H and O–H groups in total. The van der Waals surface area contributed by atoms with Gasteiger partial charge in [0, 0.05) is 6.42 Å². The lowest BCUT2D eigenvalue weighted by molar-refractivity contribution is -0.168. The highest BCUT2D eigenvalue weighted by Crippen LogP contribution is 2.41. The SMILES string of the molecule is CCC(C)C(=O)OCCCC(F)(F)C(F)(F)S(=O)(=O)[O-]. The van der Waals surface area contributed by atoms with Gasteiger partial charge in [-0.2, -0.15) is 17.6 Å². The van der Waals surface area contributed by atoms with Crippen molar-refractivity contribution < 1.29 is 40.1 Å². The first-order valence-electron chi connectivity index (χ1n) is 5.74. The second kappa shape index (κ2) is 6.70. The van der Waals surface area contributed by atoms with Crippen molar-refractivity contribution >= 4 is 16.1 Å². The van der Waals surface area contributed by atoms with Crippen LogP contribution in [0.25, 0.3) is 0 Å². The van der Waals surface area contributed by atoms with Gasteiger partial charge in [-0.25, -0.2) is 8.42 Å². The Hall–Kier alpha value is -0.900. The summed E-state index contributed by atoms with van der Waals surface area (Å²) in [6, 6.07) is 0. The monoisotopic (exact) mass is 323 g/mol. The minimum atomic E-state index is -6.47. The molecule has 0 aromatic carbocycles. The molecule has 0 fully saturated rings. The maximum Gasteiger partial charge on any atom is 0.396 e. The van der Waals surface area contributed by atoms with Crippen LogP contribution >= 0.6 is 0 Å². The largest absolute Gasteiger partial charge is 0.743 e. The molecular formula is C10H15F4O5S-. The topological polar surface area (TPSA) is 83.5 Å². The molecular weight excluding hydrogens is 308 g/mol. The molecule has 0 spiro atoms. The van der Waals surface area contributed by atoms with Crippen molar-refractivity contribution in [1.82, 2.24) is 0 Å². The predicted molar refractivity (Wildman–Crippen MR) is 59.2 cm³/mol. The van der Waals surface area contributed by atoms with Crippen LogP contribution < -0.4 is 0 Å². The quantitative estimate of drug-likeness (QED) is 0.296. The summed E-state index contributed by atoms with van der Waals surface area (Å²) >= 11 is 0. The molecule has 5 nitrogen and oxygen atoms in total. The normalized spacial score (nSPS) is 14.9. The lowest BCUT2D eigenvalue weighted by atomic mass is 10.1. The summed E-state index contributed by atoms with van der Waals surface area (Å²) < 4.78 is 86.2. The highest BCUT2D eigenvalue weighted by Gasteiger charge is 2.60. The smallest absolute Gasteiger partial charge is 0.396 e. The van der Waals surface area contributed by atoms with E-state index in [9.17, 15) is 35.3 Å². The number of halogens is 4. The summed E-state index contributed by atoms with van der Waals surface area (Å²) in [5, 5.41) is -5.69. The van der Waals surface area contributed by atoms with Gasteiger partial charge in [0.1, 0.15) is 0 Å². The van der Waals surface area contributed by atoms with Crippen molar-refractivity contribution in [2.45, 2.75) is 44.3 Å². The van der Waals surface area contributed by atoms with Gasteiger partial charge < -0.3 is 9.29 Å². The Kier molecular flexibility index (Phi) is 6.40. The predicted octanol–water partition coefficient (Wildman–Crippen LogP) is 2.13. The highest BCUT2D eigenvalue weighted by atomic mass is 32.2. The zero-order valence-electron chi connectivity index (χ0n) is 10.9. The molecule has 10 heteroatoms. The second-order valence-corrected chi connectivity index (χ2v) is 5.68. The number of carbonyl (C=O) groups excluding carboxylic acids is 1. The van der Waals surface area contributed by atoms with E-state index >= 15 is 0 Å². The van der Waals surface area contributed by atoms with Crippen LogP contribution in [0.2, 0.25) is 0 Å². The standard InChI is InChI=1S/C10H16F4O5S/c1-3-7(2)8(15)19-6-4-5-9(11,12)10(13,14)20(16,17)18/h7H,3-6H2,1-2H3,(H,16,17,18)/p-1. The Morgan fingerprint density at radius 2 is 1.80 bits per heavy atom. The van der Waals surface area contributed by atoms with E-state index in [-0.39, 0.29) is 0 Å². The van der Waals surface area contributed by atoms with Gasteiger partial charge in [-0.05, 0) is 12.8 Å². The van der Waals surface area contributed by atoms with Crippen molar-refractivity contribution in [3.05, 3.63) is 0 Å². The van der Waals surface area contributed by atoms with Crippen LogP contribution in [0.4, 0.5) is 17.6 Å². The Bertz CT molecular complexity index is 435. The molecule has 0 saturated carbocycles. The van der Waals surface area contributed by atoms with Crippen LogP contribution in [-0.4, -0.2) is 36.7 Å². The van der Waals surface area contributed by atoms with Gasteiger partial charge in [-0.1, -0.05) is 13.8 Å². The van der Waals surface area contributed by atoms with E-state index in [4.69, 9.17) is 0 Å². The van der Waals surface area contributed by atoms with E-state index in [1.54, 1.807) is 6.92 Å². The maximum absolute atomic E-state index is 13.0. The summed E-state index contributed by atoms with van der Waals surface area (Å²) in [5.41, 5.74) is 0. The van der Waals surface area contributed by atoms with Gasteiger partial charge in [0.05, 0.1) is 12.5 Å². The molecule has 0 aliphatic rings. The summed E-state index contributed by atoms with van der Waals surface area (Å²) in [5.74, 6) is -6.14. The molecule has 0 aliphatic carbocycles. The van der Waals surface area contributed by atoms with E-state index in [0.29, 0.717) is 6.42 Å². The number of ether oxygens (including phenoxy) is 1. The van der Waals surface area contributed by atoms with Crippen molar-refractivity contribution in [1.29, 1.82) is 0 Å². The fraction of sp³-hybridized carbons (Fsp3) is 0.900. The number of carbonyl (C=O) groups is 1. The molecule has 1 atom stereocenters. The van der Waals surface area contributed by atoms with E-state index in [1.807, 2.05) is 0 Å². The van der Waals surface area contributed by atoms with E-state index in [0.717, 1.165) is 0 Å². The molecule has 0 bridgehead atoms. The van der Waals surface area contributed by atoms with Crippen LogP contribution in [0.3, 0.4) is 0 Å². The lowest BCUT2D eigenvalue weighted by Crippen LogP contribution is -2.46. The summed E-state index contributed by atoms with van der Waals surface area (Å²) in [4.78, 5) is 11.2. The zero-order chi connectivity index (χ0) is 16.2. The molecule has 120 valence electrons. The van der Waals surface area contributed by atoms with Crippen LogP contribution in [0, 0.1) is 5.92 Å². The first kappa shape index (κ1) is 19.1. The second-order valence-electron chi connectivity index (χ2n) is 4.26. The number of rotatable bonds is 8. The van der Waals surface area contributed by atoms with Gasteiger partial charge in [-0.3, -0.25) is 4.79 Å². The molecule has 1 unspecified atom stereocenters. The van der Waals surface area contributed by atoms with Gasteiger partial charge in [0.15, 0.2) is 10.1 Å². The van der Waals surface area contributed by atoms with Crippen LogP contribution in [0.15, 0.2) is 0 Å². The summed E-state index contributed by atoms with van der Waals surface area (Å²) in [6.07, 6.45) is -1.82. The third kappa shape index (κ3) is 4.58. The summed E-state index contributed by atoms with van der Waals surface area (Å²) in [6.45, 7) is 2.67. The Balaban J connectivity index is 4.42. The Morgan fingerprint density at radius 3 is 2.20 bits per heavy atom. The van der Waals surface area contributed by atoms with Crippen molar-refractivity contribution in [3.8, 4) is 0 Å². The van der Waals surface area contributed by atoms with Crippen LogP contribution in [-0.2, 0) is 19.6 Å².